The van der Waals surface area contributed by atoms with Gasteiger partial charge >= 0.3 is 0 Å². The van der Waals surface area contributed by atoms with Gasteiger partial charge < -0.3 is 15.8 Å². The molecule has 0 aliphatic carbocycles. The van der Waals surface area contributed by atoms with Crippen molar-refractivity contribution in [1.29, 1.82) is 5.41 Å². The maximum Gasteiger partial charge on any atom is 0.118 e. The van der Waals surface area contributed by atoms with E-state index in [4.69, 9.17) is 5.41 Å². The van der Waals surface area contributed by atoms with Gasteiger partial charge in [-0.25, -0.2) is 0 Å². The van der Waals surface area contributed by atoms with Gasteiger partial charge in [0.15, 0.2) is 0 Å². The first kappa shape index (κ1) is 11.3. The Morgan fingerprint density at radius 1 is 1.33 bits per heavy atom. The summed E-state index contributed by atoms with van der Waals surface area (Å²) < 4.78 is 0. The van der Waals surface area contributed by atoms with E-state index < -0.39 is 0 Å². The van der Waals surface area contributed by atoms with Gasteiger partial charge in [-0.05, 0) is 49.4 Å². The van der Waals surface area contributed by atoms with Gasteiger partial charge in [-0.2, -0.15) is 0 Å². The predicted octanol–water partition coefficient (Wildman–Crippen LogP) is 2.11. The highest BCUT2D eigenvalue weighted by atomic mass is 16.3. The third-order valence-electron chi connectivity index (χ3n) is 2.25. The molecule has 0 amide bonds. The molecule has 0 bridgehead atoms. The summed E-state index contributed by atoms with van der Waals surface area (Å²) in [6.07, 6.45) is 3.41. The lowest BCUT2D eigenvalue weighted by molar-refractivity contribution is 0.470. The smallest absolute Gasteiger partial charge is 0.118 e. The molecule has 3 N–H and O–H groups in total. The third-order valence-corrected chi connectivity index (χ3v) is 2.25. The fourth-order valence-electron chi connectivity index (χ4n) is 1.35. The lowest BCUT2D eigenvalue weighted by Crippen LogP contribution is -2.01. The summed E-state index contributed by atoms with van der Waals surface area (Å²) in [4.78, 5) is 0. The molecule has 0 aromatic heterocycles. The molecule has 0 aliphatic rings. The average molecular weight is 204 g/mol. The van der Waals surface area contributed by atoms with Crippen LogP contribution in [0.4, 0.5) is 0 Å². The van der Waals surface area contributed by atoms with Gasteiger partial charge in [0.05, 0.1) is 5.71 Å². The quantitative estimate of drug-likeness (QED) is 0.660. The number of benzene rings is 1. The van der Waals surface area contributed by atoms with Crippen LogP contribution in [0.1, 0.15) is 16.7 Å². The second-order valence-corrected chi connectivity index (χ2v) is 3.49. The Kier molecular flexibility index (Phi) is 3.50. The van der Waals surface area contributed by atoms with Crippen LogP contribution in [-0.4, -0.2) is 17.9 Å². The third kappa shape index (κ3) is 2.59. The lowest BCUT2D eigenvalue weighted by Gasteiger charge is -2.07. The van der Waals surface area contributed by atoms with E-state index in [1.54, 1.807) is 25.4 Å². The van der Waals surface area contributed by atoms with E-state index in [0.717, 1.165) is 16.7 Å². The number of hydrogen-bond acceptors (Lipinski definition) is 3. The maximum atomic E-state index is 9.48. The highest BCUT2D eigenvalue weighted by Crippen LogP contribution is 2.21. The minimum atomic E-state index is 0.279. The maximum absolute atomic E-state index is 9.48. The largest absolute Gasteiger partial charge is 0.508 e. The highest BCUT2D eigenvalue weighted by molar-refractivity contribution is 6.07. The van der Waals surface area contributed by atoms with Crippen LogP contribution in [0.25, 0.3) is 0 Å². The van der Waals surface area contributed by atoms with Crippen LogP contribution in [0, 0.1) is 19.3 Å². The van der Waals surface area contributed by atoms with Crippen molar-refractivity contribution in [2.45, 2.75) is 13.8 Å². The summed E-state index contributed by atoms with van der Waals surface area (Å²) in [6, 6.07) is 3.51. The van der Waals surface area contributed by atoms with Gasteiger partial charge in [0.2, 0.25) is 0 Å². The molecular weight excluding hydrogens is 188 g/mol. The van der Waals surface area contributed by atoms with E-state index >= 15 is 0 Å². The Morgan fingerprint density at radius 2 is 2.00 bits per heavy atom. The molecule has 0 unspecified atom stereocenters. The van der Waals surface area contributed by atoms with E-state index in [2.05, 4.69) is 5.32 Å². The number of allylic oxidation sites excluding steroid dienone is 1. The normalized spacial score (nSPS) is 10.6. The van der Waals surface area contributed by atoms with Crippen molar-refractivity contribution in [3.05, 3.63) is 41.1 Å². The molecule has 0 spiro atoms. The van der Waals surface area contributed by atoms with Crippen LogP contribution in [0.5, 0.6) is 5.75 Å². The van der Waals surface area contributed by atoms with Gasteiger partial charge in [-0.15, -0.1) is 0 Å². The molecule has 1 aromatic carbocycles. The second-order valence-electron chi connectivity index (χ2n) is 3.49. The molecule has 0 saturated carbocycles. The van der Waals surface area contributed by atoms with Crippen molar-refractivity contribution < 1.29 is 5.11 Å². The van der Waals surface area contributed by atoms with Gasteiger partial charge in [-0.1, -0.05) is 0 Å². The number of rotatable bonds is 3. The minimum Gasteiger partial charge on any atom is -0.508 e. The van der Waals surface area contributed by atoms with E-state index in [-0.39, 0.29) is 5.75 Å². The van der Waals surface area contributed by atoms with Crippen molar-refractivity contribution in [1.82, 2.24) is 5.32 Å². The van der Waals surface area contributed by atoms with Gasteiger partial charge in [0.25, 0.3) is 0 Å². The molecule has 1 rings (SSSR count). The molecule has 0 saturated heterocycles. The zero-order chi connectivity index (χ0) is 11.4. The van der Waals surface area contributed by atoms with E-state index in [9.17, 15) is 5.11 Å². The van der Waals surface area contributed by atoms with Gasteiger partial charge in [-0.3, -0.25) is 0 Å². The number of phenols is 1. The molecule has 0 aliphatic heterocycles. The molecule has 0 atom stereocenters. The molecule has 3 nitrogen and oxygen atoms in total. The van der Waals surface area contributed by atoms with Gasteiger partial charge in [0, 0.05) is 12.6 Å². The Balaban J connectivity index is 3.09. The Bertz CT molecular complexity index is 408. The van der Waals surface area contributed by atoms with Crippen molar-refractivity contribution in [2.75, 3.05) is 7.05 Å². The summed E-state index contributed by atoms with van der Waals surface area (Å²) in [5.74, 6) is 0.279. The summed E-state index contributed by atoms with van der Waals surface area (Å²) in [5.41, 5.74) is 2.98. The van der Waals surface area contributed by atoms with Crippen molar-refractivity contribution in [2.24, 2.45) is 0 Å². The van der Waals surface area contributed by atoms with Gasteiger partial charge in [0.1, 0.15) is 5.75 Å². The number of aromatic hydroxyl groups is 1. The highest BCUT2D eigenvalue weighted by Gasteiger charge is 2.05. The van der Waals surface area contributed by atoms with Crippen molar-refractivity contribution >= 4 is 5.71 Å². The molecule has 3 heteroatoms. The Hall–Kier alpha value is -1.77. The summed E-state index contributed by atoms with van der Waals surface area (Å²) in [5, 5.41) is 20.2. The molecular formula is C12H16N2O. The first-order valence-electron chi connectivity index (χ1n) is 4.79. The van der Waals surface area contributed by atoms with E-state index in [0.29, 0.717) is 5.71 Å². The minimum absolute atomic E-state index is 0.279. The fourth-order valence-corrected chi connectivity index (χ4v) is 1.35. The molecule has 0 heterocycles. The summed E-state index contributed by atoms with van der Waals surface area (Å²) in [7, 11) is 1.79. The lowest BCUT2D eigenvalue weighted by atomic mass is 10.0. The van der Waals surface area contributed by atoms with Crippen LogP contribution in [0.2, 0.25) is 0 Å². The Morgan fingerprint density at radius 3 is 2.60 bits per heavy atom. The monoisotopic (exact) mass is 204 g/mol. The van der Waals surface area contributed by atoms with Crippen molar-refractivity contribution in [3.8, 4) is 5.75 Å². The van der Waals surface area contributed by atoms with Crippen LogP contribution in [0.15, 0.2) is 24.4 Å². The zero-order valence-electron chi connectivity index (χ0n) is 9.26. The molecule has 0 radical (unpaired) electrons. The van der Waals surface area contributed by atoms with Crippen LogP contribution >= 0.6 is 0 Å². The number of nitrogens with one attached hydrogen (secondary N) is 2. The van der Waals surface area contributed by atoms with Crippen LogP contribution in [-0.2, 0) is 0 Å². The Labute approximate surface area is 90.0 Å². The molecule has 15 heavy (non-hydrogen) atoms. The predicted molar refractivity (Wildman–Crippen MR) is 62.6 cm³/mol. The zero-order valence-corrected chi connectivity index (χ0v) is 9.26. The fraction of sp³-hybridized carbons (Fsp3) is 0.250. The molecule has 1 aromatic rings. The standard InChI is InChI=1S/C12H16N2O/c1-8-7-12(15)9(2)6-10(8)11(13)4-5-14-3/h4-7,13-15H,1-3H3/b5-4-,13-11?. The number of phenolic OH excluding ortho intramolecular Hbond substituents is 1. The SMILES string of the molecule is CN/C=C\C(=N)c1cc(C)c(O)cc1C. The number of hydrogen-bond donors (Lipinski definition) is 3. The van der Waals surface area contributed by atoms with Crippen LogP contribution in [0.3, 0.4) is 0 Å². The topological polar surface area (TPSA) is 56.1 Å². The molecule has 80 valence electrons. The first-order chi connectivity index (χ1) is 7.06. The second kappa shape index (κ2) is 4.64. The average Bonchev–Trinajstić information content (AvgIpc) is 2.20. The van der Waals surface area contributed by atoms with Crippen LogP contribution < -0.4 is 5.32 Å². The number of aryl methyl sites for hydroxylation is 2. The first-order valence-corrected chi connectivity index (χ1v) is 4.79. The summed E-state index contributed by atoms with van der Waals surface area (Å²) in [6.45, 7) is 3.71. The summed E-state index contributed by atoms with van der Waals surface area (Å²) >= 11 is 0. The molecule has 0 fully saturated rings. The van der Waals surface area contributed by atoms with E-state index in [1.807, 2.05) is 19.9 Å². The van der Waals surface area contributed by atoms with Crippen molar-refractivity contribution in [3.63, 3.8) is 0 Å². The van der Waals surface area contributed by atoms with E-state index in [1.165, 1.54) is 0 Å².